The van der Waals surface area contributed by atoms with E-state index in [0.29, 0.717) is 30.0 Å². The molecule has 0 radical (unpaired) electrons. The number of nitrogens with zero attached hydrogens (tertiary/aromatic N) is 2. The molecule has 2 atom stereocenters. The van der Waals surface area contributed by atoms with Gasteiger partial charge in [0.25, 0.3) is 5.91 Å². The molecule has 2 heterocycles. The van der Waals surface area contributed by atoms with Crippen molar-refractivity contribution in [3.05, 3.63) is 52.8 Å². The Morgan fingerprint density at radius 3 is 2.88 bits per heavy atom. The van der Waals surface area contributed by atoms with Crippen molar-refractivity contribution in [3.8, 4) is 29.0 Å². The van der Waals surface area contributed by atoms with Gasteiger partial charge in [0.2, 0.25) is 0 Å². The zero-order chi connectivity index (χ0) is 23.6. The SMILES string of the molecule is CC1(C)Oc2cc(C[C@@H](C#N)NC(=O)[C@@H]3CNCCCO3)c(F)cc2-c2ccc(C#N)cc21. The molecule has 2 N–H and O–H groups in total. The van der Waals surface area contributed by atoms with Crippen LogP contribution in [0.25, 0.3) is 11.1 Å². The summed E-state index contributed by atoms with van der Waals surface area (Å²) in [4.78, 5) is 12.5. The zero-order valence-electron chi connectivity index (χ0n) is 18.6. The van der Waals surface area contributed by atoms with E-state index in [1.54, 1.807) is 24.3 Å². The van der Waals surface area contributed by atoms with Crippen LogP contribution in [0.5, 0.6) is 5.75 Å². The van der Waals surface area contributed by atoms with Crippen molar-refractivity contribution >= 4 is 5.91 Å². The Labute approximate surface area is 192 Å². The minimum absolute atomic E-state index is 0.00841. The summed E-state index contributed by atoms with van der Waals surface area (Å²) in [6, 6.07) is 11.5. The van der Waals surface area contributed by atoms with Crippen molar-refractivity contribution in [3.63, 3.8) is 0 Å². The number of hydrogen-bond acceptors (Lipinski definition) is 6. The van der Waals surface area contributed by atoms with E-state index in [1.165, 1.54) is 6.07 Å². The van der Waals surface area contributed by atoms with Gasteiger partial charge in [-0.2, -0.15) is 10.5 Å². The number of amides is 1. The summed E-state index contributed by atoms with van der Waals surface area (Å²) in [5.41, 5.74) is 2.25. The number of nitriles is 2. The van der Waals surface area contributed by atoms with Crippen LogP contribution >= 0.6 is 0 Å². The summed E-state index contributed by atoms with van der Waals surface area (Å²) in [6.45, 7) is 5.37. The standard InChI is InChI=1S/C25H25FN4O3/c1-25(2)20-8-15(12-27)4-5-18(20)19-11-21(26)16(10-22(19)33-25)9-17(13-28)30-24(31)23-14-29-6-3-7-32-23/h4-5,8,10-11,17,23,29H,3,6-7,9,14H2,1-2H3,(H,30,31)/t17-,23-/m0/s1. The lowest BCUT2D eigenvalue weighted by Gasteiger charge is -2.35. The minimum atomic E-state index is -0.918. The summed E-state index contributed by atoms with van der Waals surface area (Å²) in [6.07, 6.45) is 0.116. The van der Waals surface area contributed by atoms with E-state index in [-0.39, 0.29) is 12.0 Å². The maximum atomic E-state index is 15.1. The second-order valence-electron chi connectivity index (χ2n) is 8.74. The first kappa shape index (κ1) is 22.7. The molecule has 2 aliphatic heterocycles. The normalized spacial score (nSPS) is 19.5. The van der Waals surface area contributed by atoms with Crippen LogP contribution in [0.2, 0.25) is 0 Å². The Balaban J connectivity index is 1.58. The van der Waals surface area contributed by atoms with Crippen molar-refractivity contribution in [1.82, 2.24) is 10.6 Å². The highest BCUT2D eigenvalue weighted by molar-refractivity contribution is 5.82. The molecule has 2 aromatic carbocycles. The molecule has 1 amide bonds. The number of fused-ring (bicyclic) bond motifs is 3. The predicted molar refractivity (Wildman–Crippen MR) is 119 cm³/mol. The van der Waals surface area contributed by atoms with E-state index in [4.69, 9.17) is 9.47 Å². The number of ether oxygens (including phenoxy) is 2. The van der Waals surface area contributed by atoms with E-state index in [2.05, 4.69) is 16.7 Å². The number of halogens is 1. The van der Waals surface area contributed by atoms with Gasteiger partial charge in [-0.05, 0) is 62.2 Å². The maximum Gasteiger partial charge on any atom is 0.251 e. The summed E-state index contributed by atoms with van der Waals surface area (Å²) < 4.78 is 26.8. The van der Waals surface area contributed by atoms with Gasteiger partial charge in [0.15, 0.2) is 0 Å². The lowest BCUT2D eigenvalue weighted by molar-refractivity contribution is -0.132. The van der Waals surface area contributed by atoms with Gasteiger partial charge in [-0.3, -0.25) is 4.79 Å². The molecule has 170 valence electrons. The van der Waals surface area contributed by atoms with E-state index in [9.17, 15) is 15.3 Å². The molecule has 0 spiro atoms. The van der Waals surface area contributed by atoms with Crippen LogP contribution in [0.3, 0.4) is 0 Å². The topological polar surface area (TPSA) is 107 Å². The van der Waals surface area contributed by atoms with Gasteiger partial charge in [0.05, 0.1) is 17.7 Å². The van der Waals surface area contributed by atoms with Crippen LogP contribution in [0.15, 0.2) is 30.3 Å². The minimum Gasteiger partial charge on any atom is -0.482 e. The molecule has 0 aromatic heterocycles. The molecule has 4 rings (SSSR count). The molecule has 0 saturated carbocycles. The number of rotatable bonds is 4. The fourth-order valence-corrected chi connectivity index (χ4v) is 4.22. The third-order valence-electron chi connectivity index (χ3n) is 5.94. The highest BCUT2D eigenvalue weighted by Crippen LogP contribution is 2.46. The number of carbonyl (C=O) groups is 1. The molecule has 1 saturated heterocycles. The average molecular weight is 448 g/mol. The smallest absolute Gasteiger partial charge is 0.251 e. The van der Waals surface area contributed by atoms with Gasteiger partial charge in [0.1, 0.15) is 29.3 Å². The summed E-state index contributed by atoms with van der Waals surface area (Å²) >= 11 is 0. The number of benzene rings is 2. The quantitative estimate of drug-likeness (QED) is 0.745. The lowest BCUT2D eigenvalue weighted by atomic mass is 9.84. The van der Waals surface area contributed by atoms with Crippen LogP contribution in [-0.2, 0) is 21.6 Å². The first-order chi connectivity index (χ1) is 15.8. The van der Waals surface area contributed by atoms with Gasteiger partial charge in [-0.15, -0.1) is 0 Å². The van der Waals surface area contributed by atoms with Crippen molar-refractivity contribution in [2.24, 2.45) is 0 Å². The fourth-order valence-electron chi connectivity index (χ4n) is 4.22. The summed E-state index contributed by atoms with van der Waals surface area (Å²) in [7, 11) is 0. The van der Waals surface area contributed by atoms with Crippen molar-refractivity contribution < 1.29 is 18.7 Å². The summed E-state index contributed by atoms with van der Waals surface area (Å²) in [5, 5.41) is 24.6. The van der Waals surface area contributed by atoms with Crippen LogP contribution in [0.1, 0.15) is 37.0 Å². The van der Waals surface area contributed by atoms with Crippen LogP contribution in [0.4, 0.5) is 4.39 Å². The Morgan fingerprint density at radius 2 is 2.12 bits per heavy atom. The maximum absolute atomic E-state index is 15.1. The Kier molecular flexibility index (Phi) is 6.33. The lowest BCUT2D eigenvalue weighted by Crippen LogP contribution is -2.46. The van der Waals surface area contributed by atoms with Crippen molar-refractivity contribution in [1.29, 1.82) is 10.5 Å². The Morgan fingerprint density at radius 1 is 1.30 bits per heavy atom. The Bertz CT molecular complexity index is 1160. The second-order valence-corrected chi connectivity index (χ2v) is 8.74. The fraction of sp³-hybridized carbons (Fsp3) is 0.400. The number of hydrogen-bond donors (Lipinski definition) is 2. The molecular formula is C25H25FN4O3. The molecule has 0 unspecified atom stereocenters. The number of carbonyl (C=O) groups excluding carboxylic acids is 1. The first-order valence-corrected chi connectivity index (χ1v) is 10.9. The first-order valence-electron chi connectivity index (χ1n) is 10.9. The van der Waals surface area contributed by atoms with Crippen molar-refractivity contribution in [2.75, 3.05) is 19.7 Å². The van der Waals surface area contributed by atoms with Gasteiger partial charge < -0.3 is 20.1 Å². The molecule has 0 bridgehead atoms. The predicted octanol–water partition coefficient (Wildman–Crippen LogP) is 2.92. The van der Waals surface area contributed by atoms with Crippen LogP contribution in [0, 0.1) is 28.5 Å². The van der Waals surface area contributed by atoms with Crippen LogP contribution in [-0.4, -0.2) is 37.7 Å². The second kappa shape index (κ2) is 9.19. The van der Waals surface area contributed by atoms with Gasteiger partial charge in [0, 0.05) is 30.7 Å². The molecule has 7 nitrogen and oxygen atoms in total. The molecule has 2 aliphatic rings. The molecule has 0 aliphatic carbocycles. The van der Waals surface area contributed by atoms with Gasteiger partial charge in [-0.1, -0.05) is 6.07 Å². The van der Waals surface area contributed by atoms with E-state index in [0.717, 1.165) is 24.1 Å². The largest absolute Gasteiger partial charge is 0.482 e. The highest BCUT2D eigenvalue weighted by atomic mass is 19.1. The van der Waals surface area contributed by atoms with E-state index >= 15 is 4.39 Å². The molecule has 1 fully saturated rings. The van der Waals surface area contributed by atoms with E-state index < -0.39 is 29.5 Å². The van der Waals surface area contributed by atoms with Gasteiger partial charge >= 0.3 is 0 Å². The van der Waals surface area contributed by atoms with E-state index in [1.807, 2.05) is 19.9 Å². The molecule has 2 aromatic rings. The molecule has 8 heteroatoms. The summed E-state index contributed by atoms with van der Waals surface area (Å²) in [5.74, 6) is -0.393. The van der Waals surface area contributed by atoms with Crippen LogP contribution < -0.4 is 15.4 Å². The number of nitrogens with one attached hydrogen (secondary N) is 2. The van der Waals surface area contributed by atoms with Crippen molar-refractivity contribution in [2.45, 2.75) is 44.4 Å². The third-order valence-corrected chi connectivity index (χ3v) is 5.94. The molecular weight excluding hydrogens is 423 g/mol. The van der Waals surface area contributed by atoms with Gasteiger partial charge in [-0.25, -0.2) is 4.39 Å². The third kappa shape index (κ3) is 4.68. The monoisotopic (exact) mass is 448 g/mol. The zero-order valence-corrected chi connectivity index (χ0v) is 18.6. The average Bonchev–Trinajstić information content (AvgIpc) is 3.09. The molecule has 33 heavy (non-hydrogen) atoms. The highest BCUT2D eigenvalue weighted by Gasteiger charge is 2.34. The Hall–Kier alpha value is -3.46.